The molecule has 2 aliphatic rings. The zero-order chi connectivity index (χ0) is 10.2. The molecule has 3 heteroatoms. The molecular formula is C11H15NO2. The van der Waals surface area contributed by atoms with Crippen LogP contribution in [0.1, 0.15) is 13.3 Å². The lowest BCUT2D eigenvalue weighted by Crippen LogP contribution is -2.49. The Kier molecular flexibility index (Phi) is 2.24. The standard InChI is InChI=1S/C11H15NO2/c1-3-9-4-10(13)12(5-9)6-11(2)7-14-8-11/h1,9H,4-8H2,2H3. The van der Waals surface area contributed by atoms with Gasteiger partial charge in [0.05, 0.1) is 13.2 Å². The van der Waals surface area contributed by atoms with Crippen molar-refractivity contribution < 1.29 is 9.53 Å². The first kappa shape index (κ1) is 9.54. The zero-order valence-electron chi connectivity index (χ0n) is 8.45. The highest BCUT2D eigenvalue weighted by Gasteiger charge is 2.39. The number of nitrogens with zero attached hydrogens (tertiary/aromatic N) is 1. The van der Waals surface area contributed by atoms with Crippen molar-refractivity contribution in [3.8, 4) is 12.3 Å². The minimum Gasteiger partial charge on any atom is -0.380 e. The third-order valence-electron chi connectivity index (χ3n) is 2.92. The summed E-state index contributed by atoms with van der Waals surface area (Å²) in [6, 6.07) is 0. The molecule has 2 fully saturated rings. The van der Waals surface area contributed by atoms with Crippen molar-refractivity contribution in [2.45, 2.75) is 13.3 Å². The van der Waals surface area contributed by atoms with Gasteiger partial charge in [-0.05, 0) is 0 Å². The maximum atomic E-state index is 11.6. The second kappa shape index (κ2) is 3.29. The summed E-state index contributed by atoms with van der Waals surface area (Å²) in [5.41, 5.74) is 0.166. The highest BCUT2D eigenvalue weighted by Crippen LogP contribution is 2.30. The lowest BCUT2D eigenvalue weighted by molar-refractivity contribution is -0.140. The van der Waals surface area contributed by atoms with Gasteiger partial charge >= 0.3 is 0 Å². The van der Waals surface area contributed by atoms with E-state index in [9.17, 15) is 4.79 Å². The van der Waals surface area contributed by atoms with Crippen LogP contribution in [0.3, 0.4) is 0 Å². The van der Waals surface area contributed by atoms with Crippen molar-refractivity contribution in [1.29, 1.82) is 0 Å². The first-order valence-corrected chi connectivity index (χ1v) is 4.95. The van der Waals surface area contributed by atoms with Crippen LogP contribution in [0, 0.1) is 23.7 Å². The Bertz CT molecular complexity index is 288. The largest absolute Gasteiger partial charge is 0.380 e. The lowest BCUT2D eigenvalue weighted by atomic mass is 9.88. The molecule has 3 nitrogen and oxygen atoms in total. The summed E-state index contributed by atoms with van der Waals surface area (Å²) in [5.74, 6) is 2.97. The first-order chi connectivity index (χ1) is 6.63. The van der Waals surface area contributed by atoms with E-state index in [4.69, 9.17) is 11.2 Å². The van der Waals surface area contributed by atoms with Crippen LogP contribution < -0.4 is 0 Å². The number of ether oxygens (including phenoxy) is 1. The highest BCUT2D eigenvalue weighted by atomic mass is 16.5. The number of rotatable bonds is 2. The van der Waals surface area contributed by atoms with Crippen molar-refractivity contribution in [2.24, 2.45) is 11.3 Å². The topological polar surface area (TPSA) is 29.5 Å². The van der Waals surface area contributed by atoms with E-state index in [2.05, 4.69) is 12.8 Å². The Morgan fingerprint density at radius 3 is 2.86 bits per heavy atom. The SMILES string of the molecule is C#CC1CC(=O)N(CC2(C)COC2)C1. The fourth-order valence-electron chi connectivity index (χ4n) is 2.04. The maximum absolute atomic E-state index is 11.6. The van der Waals surface area contributed by atoms with Gasteiger partial charge in [-0.15, -0.1) is 12.3 Å². The predicted molar refractivity (Wildman–Crippen MR) is 52.4 cm³/mol. The first-order valence-electron chi connectivity index (χ1n) is 4.95. The number of carbonyl (C=O) groups excluding carboxylic acids is 1. The number of terminal acetylenes is 1. The van der Waals surface area contributed by atoms with Crippen molar-refractivity contribution >= 4 is 5.91 Å². The van der Waals surface area contributed by atoms with Crippen LogP contribution in [-0.4, -0.2) is 37.1 Å². The molecule has 2 rings (SSSR count). The molecule has 0 aromatic heterocycles. The molecule has 1 atom stereocenters. The molecule has 0 radical (unpaired) electrons. The van der Waals surface area contributed by atoms with Crippen LogP contribution in [0.2, 0.25) is 0 Å². The van der Waals surface area contributed by atoms with Crippen LogP contribution in [0.5, 0.6) is 0 Å². The van der Waals surface area contributed by atoms with Crippen molar-refractivity contribution in [3.63, 3.8) is 0 Å². The van der Waals surface area contributed by atoms with Gasteiger partial charge in [0.2, 0.25) is 5.91 Å². The second-order valence-corrected chi connectivity index (χ2v) is 4.65. The van der Waals surface area contributed by atoms with Crippen molar-refractivity contribution in [2.75, 3.05) is 26.3 Å². The van der Waals surface area contributed by atoms with Crippen molar-refractivity contribution in [3.05, 3.63) is 0 Å². The molecule has 2 aliphatic heterocycles. The van der Waals surface area contributed by atoms with E-state index < -0.39 is 0 Å². The molecule has 0 spiro atoms. The predicted octanol–water partition coefficient (Wildman–Crippen LogP) is 0.505. The summed E-state index contributed by atoms with van der Waals surface area (Å²) < 4.78 is 5.16. The zero-order valence-corrected chi connectivity index (χ0v) is 8.45. The number of hydrogen-bond acceptors (Lipinski definition) is 2. The Morgan fingerprint density at radius 1 is 1.71 bits per heavy atom. The highest BCUT2D eigenvalue weighted by molar-refractivity contribution is 5.79. The molecule has 2 saturated heterocycles. The third-order valence-corrected chi connectivity index (χ3v) is 2.92. The minimum absolute atomic E-state index is 0.118. The fraction of sp³-hybridized carbons (Fsp3) is 0.727. The average molecular weight is 193 g/mol. The molecule has 0 aromatic carbocycles. The number of likely N-dealkylation sites (tertiary alicyclic amines) is 1. The summed E-state index contributed by atoms with van der Waals surface area (Å²) in [6.45, 7) is 5.19. The Hall–Kier alpha value is -1.01. The summed E-state index contributed by atoms with van der Waals surface area (Å²) >= 11 is 0. The van der Waals surface area contributed by atoms with Crippen LogP contribution in [-0.2, 0) is 9.53 Å². The molecule has 0 aromatic rings. The monoisotopic (exact) mass is 193 g/mol. The van der Waals surface area contributed by atoms with Gasteiger partial charge in [-0.2, -0.15) is 0 Å². The van der Waals surface area contributed by atoms with Crippen LogP contribution in [0.4, 0.5) is 0 Å². The Labute approximate surface area is 84.4 Å². The maximum Gasteiger partial charge on any atom is 0.223 e. The Balaban J connectivity index is 1.93. The molecule has 2 heterocycles. The molecule has 14 heavy (non-hydrogen) atoms. The number of amides is 1. The van der Waals surface area contributed by atoms with Gasteiger partial charge in [-0.25, -0.2) is 0 Å². The molecule has 76 valence electrons. The number of hydrogen-bond donors (Lipinski definition) is 0. The van der Waals surface area contributed by atoms with Gasteiger partial charge in [0, 0.05) is 30.8 Å². The summed E-state index contributed by atoms with van der Waals surface area (Å²) in [4.78, 5) is 13.4. The van der Waals surface area contributed by atoms with Gasteiger partial charge in [-0.3, -0.25) is 4.79 Å². The molecule has 1 unspecified atom stereocenters. The number of carbonyl (C=O) groups is 1. The van der Waals surface area contributed by atoms with E-state index in [1.807, 2.05) is 4.90 Å². The molecule has 0 saturated carbocycles. The van der Waals surface area contributed by atoms with E-state index in [0.29, 0.717) is 6.42 Å². The summed E-state index contributed by atoms with van der Waals surface area (Å²) in [5, 5.41) is 0. The van der Waals surface area contributed by atoms with Crippen LogP contribution >= 0.6 is 0 Å². The molecule has 0 aliphatic carbocycles. The fourth-order valence-corrected chi connectivity index (χ4v) is 2.04. The molecule has 0 N–H and O–H groups in total. The van der Waals surface area contributed by atoms with E-state index in [0.717, 1.165) is 26.3 Å². The molecule has 0 bridgehead atoms. The second-order valence-electron chi connectivity index (χ2n) is 4.65. The minimum atomic E-state index is 0.118. The smallest absolute Gasteiger partial charge is 0.223 e. The van der Waals surface area contributed by atoms with E-state index in [1.54, 1.807) is 0 Å². The normalized spacial score (nSPS) is 29.9. The van der Waals surface area contributed by atoms with Gasteiger partial charge in [0.15, 0.2) is 0 Å². The van der Waals surface area contributed by atoms with Gasteiger partial charge in [0.25, 0.3) is 0 Å². The van der Waals surface area contributed by atoms with Gasteiger partial charge in [-0.1, -0.05) is 6.92 Å². The van der Waals surface area contributed by atoms with Crippen LogP contribution in [0.15, 0.2) is 0 Å². The average Bonchev–Trinajstić information content (AvgIpc) is 2.45. The van der Waals surface area contributed by atoms with E-state index >= 15 is 0 Å². The quantitative estimate of drug-likeness (QED) is 0.598. The summed E-state index contributed by atoms with van der Waals surface area (Å²) in [6.07, 6.45) is 5.84. The Morgan fingerprint density at radius 2 is 2.43 bits per heavy atom. The molecule has 1 amide bonds. The van der Waals surface area contributed by atoms with Crippen LogP contribution in [0.25, 0.3) is 0 Å². The van der Waals surface area contributed by atoms with E-state index in [-0.39, 0.29) is 17.2 Å². The van der Waals surface area contributed by atoms with Gasteiger partial charge < -0.3 is 9.64 Å². The van der Waals surface area contributed by atoms with Gasteiger partial charge in [0.1, 0.15) is 0 Å². The van der Waals surface area contributed by atoms with E-state index in [1.165, 1.54) is 0 Å². The summed E-state index contributed by atoms with van der Waals surface area (Å²) in [7, 11) is 0. The third kappa shape index (κ3) is 1.62. The molecular weight excluding hydrogens is 178 g/mol. The lowest BCUT2D eigenvalue weighted by Gasteiger charge is -2.40. The van der Waals surface area contributed by atoms with Crippen molar-refractivity contribution in [1.82, 2.24) is 4.90 Å².